The Morgan fingerprint density at radius 2 is 2.14 bits per heavy atom. The molecule has 0 aliphatic carbocycles. The summed E-state index contributed by atoms with van der Waals surface area (Å²) in [6, 6.07) is 8.11. The van der Waals surface area contributed by atoms with Crippen LogP contribution in [0.3, 0.4) is 0 Å². The van der Waals surface area contributed by atoms with Crippen molar-refractivity contribution in [1.29, 1.82) is 0 Å². The van der Waals surface area contributed by atoms with Crippen LogP contribution in [0.15, 0.2) is 36.7 Å². The van der Waals surface area contributed by atoms with Crippen LogP contribution in [0.1, 0.15) is 35.9 Å². The highest BCUT2D eigenvalue weighted by molar-refractivity contribution is 7.18. The lowest BCUT2D eigenvalue weighted by Crippen LogP contribution is -2.39. The third-order valence-electron chi connectivity index (χ3n) is 5.29. The highest BCUT2D eigenvalue weighted by Crippen LogP contribution is 2.29. The summed E-state index contributed by atoms with van der Waals surface area (Å²) in [5.74, 6) is 0.417. The van der Waals surface area contributed by atoms with Gasteiger partial charge in [-0.05, 0) is 25.0 Å². The van der Waals surface area contributed by atoms with E-state index in [1.165, 1.54) is 4.70 Å². The molecule has 1 amide bonds. The molecule has 1 aliphatic heterocycles. The van der Waals surface area contributed by atoms with Crippen molar-refractivity contribution >= 4 is 38.6 Å². The fraction of sp³-hybridized carbons (Fsp3) is 0.350. The second kappa shape index (κ2) is 7.27. The molecule has 1 atom stereocenters. The number of nitrogens with one attached hydrogen (secondary N) is 1. The summed E-state index contributed by atoms with van der Waals surface area (Å²) in [6.07, 6.45) is 6.53. The molecule has 0 spiro atoms. The third kappa shape index (κ3) is 3.24. The fourth-order valence-corrected chi connectivity index (χ4v) is 4.86. The SMILES string of the molecule is O=C(CCc1nc2ccccc2s1)N1CCCC(c2[nH]nc3nccnc23)C1. The van der Waals surface area contributed by atoms with Gasteiger partial charge in [-0.3, -0.25) is 9.89 Å². The molecule has 5 rings (SSSR count). The summed E-state index contributed by atoms with van der Waals surface area (Å²) in [4.78, 5) is 28.1. The highest BCUT2D eigenvalue weighted by Gasteiger charge is 2.27. The Hall–Kier alpha value is -2.87. The van der Waals surface area contributed by atoms with Crippen molar-refractivity contribution in [2.24, 2.45) is 0 Å². The Morgan fingerprint density at radius 1 is 1.25 bits per heavy atom. The number of likely N-dealkylation sites (tertiary alicyclic amines) is 1. The molecule has 1 N–H and O–H groups in total. The van der Waals surface area contributed by atoms with E-state index in [-0.39, 0.29) is 11.8 Å². The van der Waals surface area contributed by atoms with Crippen molar-refractivity contribution in [2.45, 2.75) is 31.6 Å². The minimum atomic E-state index is 0.193. The van der Waals surface area contributed by atoms with Gasteiger partial charge in [-0.15, -0.1) is 11.3 Å². The lowest BCUT2D eigenvalue weighted by atomic mass is 9.94. The van der Waals surface area contributed by atoms with Crippen molar-refractivity contribution in [3.63, 3.8) is 0 Å². The molecule has 0 saturated carbocycles. The Labute approximate surface area is 165 Å². The van der Waals surface area contributed by atoms with Crippen LogP contribution in [0.4, 0.5) is 0 Å². The van der Waals surface area contributed by atoms with E-state index in [1.807, 2.05) is 23.1 Å². The van der Waals surface area contributed by atoms with Crippen LogP contribution in [0, 0.1) is 0 Å². The number of fused-ring (bicyclic) bond motifs is 2. The number of aromatic nitrogens is 5. The second-order valence-electron chi connectivity index (χ2n) is 7.12. The van der Waals surface area contributed by atoms with Crippen LogP contribution >= 0.6 is 11.3 Å². The summed E-state index contributed by atoms with van der Waals surface area (Å²) >= 11 is 1.68. The molecule has 0 radical (unpaired) electrons. The number of nitrogens with zero attached hydrogens (tertiary/aromatic N) is 5. The minimum Gasteiger partial charge on any atom is -0.342 e. The molecule has 4 heterocycles. The van der Waals surface area contributed by atoms with Gasteiger partial charge in [0.2, 0.25) is 5.91 Å². The number of benzene rings is 1. The molecule has 1 aromatic carbocycles. The van der Waals surface area contributed by atoms with Crippen molar-refractivity contribution in [1.82, 2.24) is 30.0 Å². The normalized spacial score (nSPS) is 17.4. The maximum Gasteiger partial charge on any atom is 0.223 e. The quantitative estimate of drug-likeness (QED) is 0.576. The molecule has 1 aliphatic rings. The average molecular weight is 392 g/mol. The maximum atomic E-state index is 12.8. The molecule has 1 saturated heterocycles. The van der Waals surface area contributed by atoms with Gasteiger partial charge in [-0.1, -0.05) is 12.1 Å². The first-order chi connectivity index (χ1) is 13.8. The number of amides is 1. The number of piperidine rings is 1. The van der Waals surface area contributed by atoms with Gasteiger partial charge in [0.15, 0.2) is 5.65 Å². The van der Waals surface area contributed by atoms with Gasteiger partial charge in [0, 0.05) is 44.2 Å². The first kappa shape index (κ1) is 17.2. The van der Waals surface area contributed by atoms with E-state index in [0.29, 0.717) is 25.0 Å². The summed E-state index contributed by atoms with van der Waals surface area (Å²) in [6.45, 7) is 1.51. The molecule has 142 valence electrons. The molecule has 7 nitrogen and oxygen atoms in total. The number of rotatable bonds is 4. The molecule has 4 aromatic rings. The van der Waals surface area contributed by atoms with Gasteiger partial charge in [0.05, 0.1) is 20.9 Å². The van der Waals surface area contributed by atoms with E-state index in [0.717, 1.165) is 41.1 Å². The number of hydrogen-bond donors (Lipinski definition) is 1. The third-order valence-corrected chi connectivity index (χ3v) is 6.39. The van der Waals surface area contributed by atoms with Crippen LogP contribution in [-0.4, -0.2) is 49.0 Å². The molecule has 1 unspecified atom stereocenters. The second-order valence-corrected chi connectivity index (χ2v) is 8.24. The first-order valence-corrected chi connectivity index (χ1v) is 10.4. The van der Waals surface area contributed by atoms with E-state index < -0.39 is 0 Å². The first-order valence-electron chi connectivity index (χ1n) is 9.55. The molecule has 28 heavy (non-hydrogen) atoms. The predicted octanol–water partition coefficient (Wildman–Crippen LogP) is 3.30. The van der Waals surface area contributed by atoms with Crippen molar-refractivity contribution in [2.75, 3.05) is 13.1 Å². The molecular formula is C20H20N6OS. The molecule has 3 aromatic heterocycles. The van der Waals surface area contributed by atoms with Crippen molar-refractivity contribution in [3.8, 4) is 0 Å². The van der Waals surface area contributed by atoms with Crippen LogP contribution in [-0.2, 0) is 11.2 Å². The lowest BCUT2D eigenvalue weighted by molar-refractivity contribution is -0.132. The number of carbonyl (C=O) groups is 1. The van der Waals surface area contributed by atoms with Crippen LogP contribution in [0.5, 0.6) is 0 Å². The fourth-order valence-electron chi connectivity index (χ4n) is 3.89. The van der Waals surface area contributed by atoms with Gasteiger partial charge < -0.3 is 4.90 Å². The maximum absolute atomic E-state index is 12.8. The summed E-state index contributed by atoms with van der Waals surface area (Å²) in [5.41, 5.74) is 3.46. The number of carbonyl (C=O) groups excluding carboxylic acids is 1. The smallest absolute Gasteiger partial charge is 0.223 e. The largest absolute Gasteiger partial charge is 0.342 e. The minimum absolute atomic E-state index is 0.193. The van der Waals surface area contributed by atoms with Crippen LogP contribution in [0.25, 0.3) is 21.4 Å². The van der Waals surface area contributed by atoms with Crippen molar-refractivity contribution in [3.05, 3.63) is 47.4 Å². The van der Waals surface area contributed by atoms with Gasteiger partial charge in [0.25, 0.3) is 0 Å². The zero-order valence-corrected chi connectivity index (χ0v) is 16.2. The lowest BCUT2D eigenvalue weighted by Gasteiger charge is -2.32. The summed E-state index contributed by atoms with van der Waals surface area (Å²) in [7, 11) is 0. The van der Waals surface area contributed by atoms with E-state index >= 15 is 0 Å². The predicted molar refractivity (Wildman–Crippen MR) is 108 cm³/mol. The van der Waals surface area contributed by atoms with E-state index in [1.54, 1.807) is 23.7 Å². The summed E-state index contributed by atoms with van der Waals surface area (Å²) < 4.78 is 1.18. The van der Waals surface area contributed by atoms with Gasteiger partial charge >= 0.3 is 0 Å². The monoisotopic (exact) mass is 392 g/mol. The topological polar surface area (TPSA) is 87.7 Å². The van der Waals surface area contributed by atoms with Gasteiger partial charge in [0.1, 0.15) is 5.52 Å². The van der Waals surface area contributed by atoms with Crippen molar-refractivity contribution < 1.29 is 4.79 Å². The van der Waals surface area contributed by atoms with Crippen LogP contribution < -0.4 is 0 Å². The number of aromatic amines is 1. The Balaban J connectivity index is 1.26. The van der Waals surface area contributed by atoms with E-state index in [2.05, 4.69) is 31.2 Å². The summed E-state index contributed by atoms with van der Waals surface area (Å²) in [5, 5.41) is 8.37. The van der Waals surface area contributed by atoms with E-state index in [9.17, 15) is 4.79 Å². The number of para-hydroxylation sites is 1. The zero-order chi connectivity index (χ0) is 18.9. The number of hydrogen-bond acceptors (Lipinski definition) is 6. The Bertz CT molecular complexity index is 1100. The highest BCUT2D eigenvalue weighted by atomic mass is 32.1. The van der Waals surface area contributed by atoms with Gasteiger partial charge in [-0.25, -0.2) is 15.0 Å². The number of thiazole rings is 1. The molecular weight excluding hydrogens is 372 g/mol. The number of H-pyrrole nitrogens is 1. The zero-order valence-electron chi connectivity index (χ0n) is 15.3. The molecule has 0 bridgehead atoms. The Kier molecular flexibility index (Phi) is 4.48. The van der Waals surface area contributed by atoms with Gasteiger partial charge in [-0.2, -0.15) is 5.10 Å². The average Bonchev–Trinajstić information content (AvgIpc) is 3.36. The van der Waals surface area contributed by atoms with Crippen LogP contribution in [0.2, 0.25) is 0 Å². The standard InChI is InChI=1S/C20H20N6OS/c27-17(8-7-16-23-14-5-1-2-6-15(14)28-16)26-11-3-4-13(12-26)18-19-20(25-24-18)22-10-9-21-19/h1-2,5-6,9-10,13H,3-4,7-8,11-12H2,(H,22,24,25). The number of aryl methyl sites for hydroxylation is 1. The molecule has 8 heteroatoms. The molecule has 1 fully saturated rings. The Morgan fingerprint density at radius 3 is 3.07 bits per heavy atom. The van der Waals surface area contributed by atoms with E-state index in [4.69, 9.17) is 0 Å².